The van der Waals surface area contributed by atoms with Crippen LogP contribution >= 0.6 is 0 Å². The van der Waals surface area contributed by atoms with Gasteiger partial charge >= 0.3 is 17.9 Å². The Morgan fingerprint density at radius 3 is 1.43 bits per heavy atom. The summed E-state index contributed by atoms with van der Waals surface area (Å²) in [7, 11) is 0. The molecule has 13 heteroatoms. The van der Waals surface area contributed by atoms with Crippen molar-refractivity contribution in [2.75, 3.05) is 9.80 Å². The minimum Gasteiger partial charge on any atom is -0.427 e. The number of carbonyl (C=O) groups is 7. The van der Waals surface area contributed by atoms with Gasteiger partial charge < -0.3 is 18.9 Å². The molecule has 0 N–H and O–H groups in total. The zero-order valence-electron chi connectivity index (χ0n) is 29.7. The largest absolute Gasteiger partial charge is 0.427 e. The Morgan fingerprint density at radius 2 is 1.00 bits per heavy atom. The summed E-state index contributed by atoms with van der Waals surface area (Å²) in [5.41, 5.74) is 1.49. The molecule has 9 atom stereocenters. The molecule has 4 aliphatic rings. The van der Waals surface area contributed by atoms with Gasteiger partial charge in [-0.25, -0.2) is 4.90 Å². The second kappa shape index (κ2) is 13.7. The number of hydrogen-bond acceptors (Lipinski definition) is 11. The van der Waals surface area contributed by atoms with Crippen LogP contribution in [0, 0.1) is 35.5 Å². The molecule has 0 aliphatic carbocycles. The first kappa shape index (κ1) is 35.7. The number of amides is 4. The molecule has 0 spiro atoms. The molecule has 0 saturated carbocycles. The number of anilines is 2. The van der Waals surface area contributed by atoms with Gasteiger partial charge in [0.25, 0.3) is 0 Å². The van der Waals surface area contributed by atoms with Crippen molar-refractivity contribution in [2.24, 2.45) is 35.5 Å². The first-order chi connectivity index (χ1) is 25.3. The Kier molecular flexibility index (Phi) is 9.23. The van der Waals surface area contributed by atoms with Gasteiger partial charge in [0.1, 0.15) is 17.2 Å². The molecular formula is C40H38N2O11. The molecule has 274 valence electrons. The van der Waals surface area contributed by atoms with E-state index in [0.29, 0.717) is 23.5 Å². The van der Waals surface area contributed by atoms with Crippen LogP contribution in [0.1, 0.15) is 52.5 Å². The molecule has 4 aliphatic heterocycles. The van der Waals surface area contributed by atoms with Crippen molar-refractivity contribution in [3.8, 4) is 17.2 Å². The number of benzene rings is 3. The highest BCUT2D eigenvalue weighted by Gasteiger charge is 2.72. The van der Waals surface area contributed by atoms with Gasteiger partial charge in [-0.15, -0.1) is 0 Å². The molecule has 2 bridgehead atoms. The van der Waals surface area contributed by atoms with Gasteiger partial charge in [-0.1, -0.05) is 26.0 Å². The summed E-state index contributed by atoms with van der Waals surface area (Å²) < 4.78 is 22.2. The number of rotatable bonds is 9. The third kappa shape index (κ3) is 6.08. The Hall–Kier alpha value is -5.69. The van der Waals surface area contributed by atoms with Gasteiger partial charge in [-0.2, -0.15) is 0 Å². The second-order valence-corrected chi connectivity index (χ2v) is 14.0. The number of imide groups is 2. The van der Waals surface area contributed by atoms with Gasteiger partial charge in [-0.3, -0.25) is 38.5 Å². The molecular weight excluding hydrogens is 684 g/mol. The van der Waals surface area contributed by atoms with E-state index in [1.54, 1.807) is 19.1 Å². The van der Waals surface area contributed by atoms with E-state index < -0.39 is 89.3 Å². The summed E-state index contributed by atoms with van der Waals surface area (Å²) in [5.74, 6) is -7.08. The summed E-state index contributed by atoms with van der Waals surface area (Å²) in [5, 5.41) is 0. The number of nitrogens with zero attached hydrogens (tertiary/aromatic N) is 2. The molecule has 4 heterocycles. The van der Waals surface area contributed by atoms with Crippen LogP contribution in [0.5, 0.6) is 17.2 Å². The Balaban J connectivity index is 1.27. The van der Waals surface area contributed by atoms with Gasteiger partial charge in [0.2, 0.25) is 23.6 Å². The van der Waals surface area contributed by atoms with E-state index in [2.05, 4.69) is 0 Å². The fourth-order valence-electron chi connectivity index (χ4n) is 8.97. The second-order valence-electron chi connectivity index (χ2n) is 14.0. The van der Waals surface area contributed by atoms with Crippen molar-refractivity contribution in [3.63, 3.8) is 0 Å². The zero-order valence-corrected chi connectivity index (χ0v) is 29.7. The van der Waals surface area contributed by atoms with E-state index >= 15 is 0 Å². The van der Waals surface area contributed by atoms with Crippen LogP contribution in [0.4, 0.5) is 11.4 Å². The highest BCUT2D eigenvalue weighted by molar-refractivity contribution is 6.24. The van der Waals surface area contributed by atoms with Crippen LogP contribution in [0.2, 0.25) is 0 Å². The number of esters is 3. The first-order valence-electron chi connectivity index (χ1n) is 17.6. The van der Waals surface area contributed by atoms with E-state index in [1.165, 1.54) is 69.3 Å². The van der Waals surface area contributed by atoms with Crippen molar-refractivity contribution in [1.82, 2.24) is 0 Å². The zero-order chi connectivity index (χ0) is 37.9. The van der Waals surface area contributed by atoms with Crippen LogP contribution < -0.4 is 24.0 Å². The standard InChI is InChI=1S/C40H38N2O11/c1-6-29(23-7-13-26(14-8-23)50-20(3)43)31-32(30-19(2)37(46)41(38(30)47)24-9-15-27(16-10-24)51-21(4)44)36-34-33(35(31)53-36)39(48)42(40(34)49)25-11-17-28(18-12-25)52-22(5)45/h7-19,29-36H,6H2,1-5H3. The summed E-state index contributed by atoms with van der Waals surface area (Å²) in [6, 6.07) is 19.2. The van der Waals surface area contributed by atoms with Crippen LogP contribution in [0.3, 0.4) is 0 Å². The molecule has 0 radical (unpaired) electrons. The third-order valence-electron chi connectivity index (χ3n) is 10.9. The minimum absolute atomic E-state index is 0.262. The fraction of sp³-hybridized carbons (Fsp3) is 0.375. The highest BCUT2D eigenvalue weighted by atomic mass is 16.5. The van der Waals surface area contributed by atoms with E-state index in [4.69, 9.17) is 18.9 Å². The van der Waals surface area contributed by atoms with Gasteiger partial charge in [0.05, 0.1) is 41.3 Å². The molecule has 3 aromatic carbocycles. The van der Waals surface area contributed by atoms with Gasteiger partial charge in [0, 0.05) is 32.6 Å². The average Bonchev–Trinajstić information content (AvgIpc) is 3.80. The third-order valence-corrected chi connectivity index (χ3v) is 10.9. The van der Waals surface area contributed by atoms with Crippen molar-refractivity contribution in [2.45, 2.75) is 59.2 Å². The summed E-state index contributed by atoms with van der Waals surface area (Å²) in [6.45, 7) is 7.55. The first-order valence-corrected chi connectivity index (χ1v) is 17.6. The molecule has 53 heavy (non-hydrogen) atoms. The minimum atomic E-state index is -0.891. The lowest BCUT2D eigenvalue weighted by molar-refractivity contribution is -0.132. The van der Waals surface area contributed by atoms with Crippen LogP contribution in [-0.2, 0) is 38.3 Å². The average molecular weight is 723 g/mol. The topological polar surface area (TPSA) is 163 Å². The molecule has 7 rings (SSSR count). The lowest BCUT2D eigenvalue weighted by Gasteiger charge is -2.40. The van der Waals surface area contributed by atoms with Crippen molar-refractivity contribution < 1.29 is 52.5 Å². The molecule has 4 amide bonds. The maximum Gasteiger partial charge on any atom is 0.308 e. The number of fused-ring (bicyclic) bond motifs is 5. The lowest BCUT2D eigenvalue weighted by Crippen LogP contribution is -2.48. The maximum absolute atomic E-state index is 14.5. The predicted molar refractivity (Wildman–Crippen MR) is 187 cm³/mol. The SMILES string of the molecule is CCC(c1ccc(OC(C)=O)cc1)C1C2OC(C3C(=O)N(c4ccc(OC(C)=O)cc4)C(=O)C23)C1C1C(=O)N(c2ccc(OC(C)=O)cc2)C(=O)C1C. The van der Waals surface area contributed by atoms with Crippen LogP contribution in [0.15, 0.2) is 72.8 Å². The lowest BCUT2D eigenvalue weighted by atomic mass is 9.58. The van der Waals surface area contributed by atoms with E-state index in [0.717, 1.165) is 15.4 Å². The maximum atomic E-state index is 14.5. The summed E-state index contributed by atoms with van der Waals surface area (Å²) >= 11 is 0. The predicted octanol–water partition coefficient (Wildman–Crippen LogP) is 4.60. The van der Waals surface area contributed by atoms with Crippen LogP contribution in [0.25, 0.3) is 0 Å². The number of hydrogen-bond donors (Lipinski definition) is 0. The number of ether oxygens (including phenoxy) is 4. The van der Waals surface area contributed by atoms with Crippen molar-refractivity contribution >= 4 is 52.9 Å². The van der Waals surface area contributed by atoms with Gasteiger partial charge in [-0.05, 0) is 84.5 Å². The molecule has 13 nitrogen and oxygen atoms in total. The highest BCUT2D eigenvalue weighted by Crippen LogP contribution is 2.62. The number of carbonyl (C=O) groups excluding carboxylic acids is 7. The normalized spacial score (nSPS) is 27.9. The van der Waals surface area contributed by atoms with Gasteiger partial charge in [0.15, 0.2) is 0 Å². The monoisotopic (exact) mass is 722 g/mol. The Bertz CT molecular complexity index is 2010. The molecule has 4 saturated heterocycles. The van der Waals surface area contributed by atoms with Crippen molar-refractivity contribution in [1.29, 1.82) is 0 Å². The smallest absolute Gasteiger partial charge is 0.308 e. The Labute approximate surface area is 305 Å². The van der Waals surface area contributed by atoms with Crippen molar-refractivity contribution in [3.05, 3.63) is 78.4 Å². The fourth-order valence-corrected chi connectivity index (χ4v) is 8.97. The van der Waals surface area contributed by atoms with E-state index in [1.807, 2.05) is 19.1 Å². The molecule has 4 fully saturated rings. The van der Waals surface area contributed by atoms with E-state index in [9.17, 15) is 33.6 Å². The van der Waals surface area contributed by atoms with E-state index in [-0.39, 0.29) is 17.4 Å². The Morgan fingerprint density at radius 1 is 0.604 bits per heavy atom. The molecule has 9 unspecified atom stereocenters. The molecule has 0 aromatic heterocycles. The molecule has 3 aromatic rings. The van der Waals surface area contributed by atoms with Crippen LogP contribution in [-0.4, -0.2) is 53.7 Å². The summed E-state index contributed by atoms with van der Waals surface area (Å²) in [6.07, 6.45) is -1.02. The summed E-state index contributed by atoms with van der Waals surface area (Å²) in [4.78, 5) is 93.8. The quantitative estimate of drug-likeness (QED) is 0.172.